The molecule has 0 bridgehead atoms. The predicted molar refractivity (Wildman–Crippen MR) is 97.2 cm³/mol. The van der Waals surface area contributed by atoms with Crippen LogP contribution in [-0.2, 0) is 4.79 Å². The Bertz CT molecular complexity index is 291. The minimum Gasteiger partial charge on any atom is -0.355 e. The van der Waals surface area contributed by atoms with Gasteiger partial charge in [-0.3, -0.25) is 4.79 Å². The molecule has 22 heavy (non-hydrogen) atoms. The predicted octanol–water partition coefficient (Wildman–Crippen LogP) is 2.46. The fourth-order valence-electron chi connectivity index (χ4n) is 3.23. The first-order valence-electron chi connectivity index (χ1n) is 8.44. The van der Waals surface area contributed by atoms with Crippen LogP contribution in [0.25, 0.3) is 0 Å². The van der Waals surface area contributed by atoms with Crippen molar-refractivity contribution in [2.75, 3.05) is 39.3 Å². The Kier molecular flexibility index (Phi) is 12.4. The number of halogens is 2. The molecular weight excluding hydrogens is 321 g/mol. The van der Waals surface area contributed by atoms with Gasteiger partial charge in [0.2, 0.25) is 5.91 Å². The first kappa shape index (κ1) is 22.0. The van der Waals surface area contributed by atoms with Crippen LogP contribution in [0, 0.1) is 11.8 Å². The van der Waals surface area contributed by atoms with E-state index in [4.69, 9.17) is 0 Å². The maximum atomic E-state index is 11.8. The summed E-state index contributed by atoms with van der Waals surface area (Å²) < 4.78 is 0. The lowest BCUT2D eigenvalue weighted by Crippen LogP contribution is -2.39. The average Bonchev–Trinajstić information content (AvgIpc) is 2.48. The molecule has 1 amide bonds. The summed E-state index contributed by atoms with van der Waals surface area (Å²) in [4.78, 5) is 14.3. The van der Waals surface area contributed by atoms with E-state index in [2.05, 4.69) is 22.5 Å². The number of nitrogens with one attached hydrogen (secondary N) is 2. The van der Waals surface area contributed by atoms with Gasteiger partial charge in [0, 0.05) is 19.5 Å². The van der Waals surface area contributed by atoms with E-state index in [9.17, 15) is 4.79 Å². The maximum Gasteiger partial charge on any atom is 0.220 e. The van der Waals surface area contributed by atoms with Crippen LogP contribution in [0.5, 0.6) is 0 Å². The lowest BCUT2D eigenvalue weighted by atomic mass is 9.93. The van der Waals surface area contributed by atoms with Crippen LogP contribution >= 0.6 is 24.8 Å². The summed E-state index contributed by atoms with van der Waals surface area (Å²) in [6.07, 6.45) is 6.86. The van der Waals surface area contributed by atoms with Gasteiger partial charge < -0.3 is 15.5 Å². The molecule has 0 spiro atoms. The van der Waals surface area contributed by atoms with Gasteiger partial charge in [0.25, 0.3) is 0 Å². The number of piperidine rings is 2. The minimum atomic E-state index is 0. The lowest BCUT2D eigenvalue weighted by Gasteiger charge is -2.30. The Morgan fingerprint density at radius 2 is 1.77 bits per heavy atom. The van der Waals surface area contributed by atoms with Gasteiger partial charge in [0.05, 0.1) is 0 Å². The summed E-state index contributed by atoms with van der Waals surface area (Å²) in [5.74, 6) is 1.88. The summed E-state index contributed by atoms with van der Waals surface area (Å²) >= 11 is 0. The molecular formula is C16H33Cl2N3O. The summed E-state index contributed by atoms with van der Waals surface area (Å²) in [5, 5.41) is 6.45. The molecule has 0 atom stereocenters. The average molecular weight is 354 g/mol. The third-order valence-corrected chi connectivity index (χ3v) is 4.86. The van der Waals surface area contributed by atoms with Crippen molar-refractivity contribution in [3.8, 4) is 0 Å². The highest BCUT2D eigenvalue weighted by molar-refractivity contribution is 5.85. The van der Waals surface area contributed by atoms with E-state index in [1.807, 2.05) is 0 Å². The highest BCUT2D eigenvalue weighted by atomic mass is 35.5. The van der Waals surface area contributed by atoms with Gasteiger partial charge in [-0.15, -0.1) is 24.8 Å². The number of hydrogen-bond donors (Lipinski definition) is 2. The van der Waals surface area contributed by atoms with Crippen molar-refractivity contribution in [1.82, 2.24) is 15.5 Å². The molecule has 132 valence electrons. The van der Waals surface area contributed by atoms with Crippen LogP contribution in [-0.4, -0.2) is 50.1 Å². The van der Waals surface area contributed by atoms with E-state index in [0.29, 0.717) is 6.42 Å². The summed E-state index contributed by atoms with van der Waals surface area (Å²) in [5.41, 5.74) is 0. The molecule has 2 rings (SSSR count). The van der Waals surface area contributed by atoms with E-state index < -0.39 is 0 Å². The van der Waals surface area contributed by atoms with Crippen LogP contribution in [0.3, 0.4) is 0 Å². The number of likely N-dealkylation sites (tertiary alicyclic amines) is 1. The van der Waals surface area contributed by atoms with Gasteiger partial charge in [-0.1, -0.05) is 6.92 Å². The van der Waals surface area contributed by atoms with Crippen LogP contribution in [0.1, 0.15) is 45.4 Å². The molecule has 0 aliphatic carbocycles. The largest absolute Gasteiger partial charge is 0.355 e. The smallest absolute Gasteiger partial charge is 0.220 e. The summed E-state index contributed by atoms with van der Waals surface area (Å²) in [6.45, 7) is 8.82. The Morgan fingerprint density at radius 3 is 2.41 bits per heavy atom. The molecule has 4 nitrogen and oxygen atoms in total. The molecule has 0 unspecified atom stereocenters. The van der Waals surface area contributed by atoms with E-state index in [1.165, 1.54) is 38.8 Å². The molecule has 2 fully saturated rings. The van der Waals surface area contributed by atoms with Crippen LogP contribution < -0.4 is 10.6 Å². The minimum absolute atomic E-state index is 0. The van der Waals surface area contributed by atoms with Crippen molar-refractivity contribution in [2.45, 2.75) is 45.4 Å². The Labute approximate surface area is 148 Å². The summed E-state index contributed by atoms with van der Waals surface area (Å²) in [6, 6.07) is 0. The van der Waals surface area contributed by atoms with Crippen molar-refractivity contribution < 1.29 is 4.79 Å². The maximum absolute atomic E-state index is 11.8. The zero-order valence-electron chi connectivity index (χ0n) is 13.8. The van der Waals surface area contributed by atoms with E-state index in [-0.39, 0.29) is 30.7 Å². The zero-order chi connectivity index (χ0) is 14.2. The standard InChI is InChI=1S/C16H31N3O.2ClH/c1-14-6-11-19(12-7-14)13-10-18-16(20)3-2-15-4-8-17-9-5-15;;/h14-15,17H,2-13H2,1H3,(H,18,20);2*1H. The molecule has 0 radical (unpaired) electrons. The molecule has 0 aromatic carbocycles. The van der Waals surface area contributed by atoms with Gasteiger partial charge in [-0.05, 0) is 70.1 Å². The van der Waals surface area contributed by atoms with Crippen molar-refractivity contribution in [3.05, 3.63) is 0 Å². The molecule has 2 N–H and O–H groups in total. The molecule has 0 aromatic rings. The number of rotatable bonds is 6. The Morgan fingerprint density at radius 1 is 1.14 bits per heavy atom. The van der Waals surface area contributed by atoms with Gasteiger partial charge in [-0.2, -0.15) is 0 Å². The van der Waals surface area contributed by atoms with Crippen LogP contribution in [0.4, 0.5) is 0 Å². The zero-order valence-corrected chi connectivity index (χ0v) is 15.4. The second-order valence-electron chi connectivity index (χ2n) is 6.61. The molecule has 0 saturated carbocycles. The van der Waals surface area contributed by atoms with Crippen LogP contribution in [0.2, 0.25) is 0 Å². The topological polar surface area (TPSA) is 44.4 Å². The number of carbonyl (C=O) groups excluding carboxylic acids is 1. The first-order chi connectivity index (χ1) is 9.74. The van der Waals surface area contributed by atoms with Gasteiger partial charge in [-0.25, -0.2) is 0 Å². The fraction of sp³-hybridized carbons (Fsp3) is 0.938. The highest BCUT2D eigenvalue weighted by Gasteiger charge is 2.16. The van der Waals surface area contributed by atoms with Crippen molar-refractivity contribution >= 4 is 30.7 Å². The summed E-state index contributed by atoms with van der Waals surface area (Å²) in [7, 11) is 0. The number of carbonyl (C=O) groups is 1. The van der Waals surface area contributed by atoms with Crippen molar-refractivity contribution in [1.29, 1.82) is 0 Å². The molecule has 0 aromatic heterocycles. The van der Waals surface area contributed by atoms with E-state index in [0.717, 1.165) is 44.4 Å². The first-order valence-corrected chi connectivity index (χ1v) is 8.44. The SMILES string of the molecule is CC1CCN(CCNC(=O)CCC2CCNCC2)CC1.Cl.Cl. The Hall–Kier alpha value is -0.0300. The Balaban J connectivity index is 0.00000220. The van der Waals surface area contributed by atoms with Gasteiger partial charge in [0.1, 0.15) is 0 Å². The second-order valence-corrected chi connectivity index (χ2v) is 6.61. The monoisotopic (exact) mass is 353 g/mol. The highest BCUT2D eigenvalue weighted by Crippen LogP contribution is 2.17. The number of hydrogen-bond acceptors (Lipinski definition) is 3. The molecule has 2 saturated heterocycles. The molecule has 2 aliphatic rings. The third-order valence-electron chi connectivity index (χ3n) is 4.86. The van der Waals surface area contributed by atoms with Gasteiger partial charge in [0.15, 0.2) is 0 Å². The molecule has 2 aliphatic heterocycles. The van der Waals surface area contributed by atoms with Crippen molar-refractivity contribution in [3.63, 3.8) is 0 Å². The normalized spacial score (nSPS) is 20.8. The third kappa shape index (κ3) is 8.56. The quantitative estimate of drug-likeness (QED) is 0.770. The lowest BCUT2D eigenvalue weighted by molar-refractivity contribution is -0.121. The fourth-order valence-corrected chi connectivity index (χ4v) is 3.23. The second kappa shape index (κ2) is 12.4. The number of amides is 1. The van der Waals surface area contributed by atoms with Gasteiger partial charge >= 0.3 is 0 Å². The molecule has 2 heterocycles. The van der Waals surface area contributed by atoms with Crippen molar-refractivity contribution in [2.24, 2.45) is 11.8 Å². The number of nitrogens with zero attached hydrogens (tertiary/aromatic N) is 1. The van der Waals surface area contributed by atoms with E-state index >= 15 is 0 Å². The molecule has 6 heteroatoms. The van der Waals surface area contributed by atoms with Crippen LogP contribution in [0.15, 0.2) is 0 Å². The van der Waals surface area contributed by atoms with E-state index in [1.54, 1.807) is 0 Å².